The quantitative estimate of drug-likeness (QED) is 0.393. The Hall–Kier alpha value is -2.87. The number of benzene rings is 1. The molecule has 0 unspecified atom stereocenters. The van der Waals surface area contributed by atoms with E-state index in [1.54, 1.807) is 11.7 Å². The van der Waals surface area contributed by atoms with E-state index in [9.17, 15) is 9.90 Å². The highest BCUT2D eigenvalue weighted by Gasteiger charge is 2.41. The molecule has 7 nitrogen and oxygen atoms in total. The molecule has 3 aromatic rings. The first-order valence-electron chi connectivity index (χ1n) is 12.3. The van der Waals surface area contributed by atoms with E-state index in [0.29, 0.717) is 53.1 Å². The lowest BCUT2D eigenvalue weighted by Gasteiger charge is -2.35. The molecule has 1 N–H and O–H groups in total. The van der Waals surface area contributed by atoms with E-state index >= 15 is 0 Å². The van der Waals surface area contributed by atoms with E-state index in [0.717, 1.165) is 32.2 Å². The van der Waals surface area contributed by atoms with Crippen LogP contribution in [0.25, 0.3) is 22.3 Å². The zero-order chi connectivity index (χ0) is 26.2. The summed E-state index contributed by atoms with van der Waals surface area (Å²) in [5.74, 6) is 0.922. The second-order valence-electron chi connectivity index (χ2n) is 10.7. The summed E-state index contributed by atoms with van der Waals surface area (Å²) in [6, 6.07) is 6.20. The first-order valence-corrected chi connectivity index (χ1v) is 12.6. The number of fused-ring (bicyclic) bond motifs is 5. The number of aromatic nitrogens is 2. The van der Waals surface area contributed by atoms with Gasteiger partial charge in [-0.25, -0.2) is 4.98 Å². The zero-order valence-corrected chi connectivity index (χ0v) is 22.5. The largest absolute Gasteiger partial charge is 0.495 e. The summed E-state index contributed by atoms with van der Waals surface area (Å²) in [6.07, 6.45) is 0.350. The van der Waals surface area contributed by atoms with Crippen molar-refractivity contribution in [3.63, 3.8) is 0 Å². The highest BCUT2D eigenvalue weighted by Crippen LogP contribution is 2.43. The second-order valence-corrected chi connectivity index (χ2v) is 11.1. The Bertz CT molecular complexity index is 1490. The summed E-state index contributed by atoms with van der Waals surface area (Å²) in [5.41, 5.74) is 3.54. The van der Waals surface area contributed by atoms with E-state index in [1.165, 1.54) is 0 Å². The number of aliphatic hydroxyl groups is 1. The minimum absolute atomic E-state index is 0.0977. The predicted octanol–water partition coefficient (Wildman–Crippen LogP) is 4.71. The first kappa shape index (κ1) is 24.8. The molecule has 2 aliphatic heterocycles. The number of ether oxygens (including phenoxy) is 2. The van der Waals surface area contributed by atoms with E-state index in [4.69, 9.17) is 26.1 Å². The predicted molar refractivity (Wildman–Crippen MR) is 141 cm³/mol. The lowest BCUT2D eigenvalue weighted by molar-refractivity contribution is -0.924. The van der Waals surface area contributed by atoms with Crippen LogP contribution in [0.2, 0.25) is 5.02 Å². The molecule has 0 saturated heterocycles. The third-order valence-electron chi connectivity index (χ3n) is 8.16. The molecule has 4 heterocycles. The normalized spacial score (nSPS) is 18.8. The standard InChI is InChI=1S/C28H33ClN3O4/c1-8-28(34)16(4)36-14-20-21(28)10-24-25-17(12-31(24)27(20)33)9-18-19(13-32(5,6)15(2)3)26(35-7)22(29)11-23(18)30-25/h9-11,15,34H,4,8,12-14H2,1-3,5-7H3/q+1/t28-/m1/s1. The number of halogens is 1. The molecule has 0 fully saturated rings. The molecule has 0 radical (unpaired) electrons. The number of pyridine rings is 2. The molecular weight excluding hydrogens is 478 g/mol. The fraction of sp³-hybridized carbons (Fsp3) is 0.429. The average molecular weight is 511 g/mol. The van der Waals surface area contributed by atoms with Gasteiger partial charge in [0.05, 0.1) is 66.8 Å². The molecular formula is C28H33ClN3O4+. The van der Waals surface area contributed by atoms with Crippen LogP contribution < -0.4 is 10.3 Å². The molecule has 0 saturated carbocycles. The van der Waals surface area contributed by atoms with Gasteiger partial charge in [0.15, 0.2) is 0 Å². The number of hydrogen-bond acceptors (Lipinski definition) is 5. The fourth-order valence-corrected chi connectivity index (χ4v) is 5.52. The van der Waals surface area contributed by atoms with Crippen LogP contribution in [0.1, 0.15) is 49.4 Å². The Labute approximate surface area is 216 Å². The molecule has 1 aromatic carbocycles. The highest BCUT2D eigenvalue weighted by molar-refractivity contribution is 6.33. The topological polar surface area (TPSA) is 73.6 Å². The van der Waals surface area contributed by atoms with Gasteiger partial charge in [-0.15, -0.1) is 0 Å². The zero-order valence-electron chi connectivity index (χ0n) is 21.7. The van der Waals surface area contributed by atoms with E-state index in [2.05, 4.69) is 40.6 Å². The van der Waals surface area contributed by atoms with Gasteiger partial charge in [-0.3, -0.25) is 4.79 Å². The van der Waals surface area contributed by atoms with Crippen LogP contribution in [0.4, 0.5) is 0 Å². The molecule has 1 atom stereocenters. The van der Waals surface area contributed by atoms with Crippen molar-refractivity contribution < 1.29 is 19.1 Å². The Kier molecular flexibility index (Phi) is 5.74. The maximum absolute atomic E-state index is 13.5. The minimum atomic E-state index is -1.41. The van der Waals surface area contributed by atoms with Gasteiger partial charge in [0, 0.05) is 16.5 Å². The fourth-order valence-electron chi connectivity index (χ4n) is 5.22. The Morgan fingerprint density at radius 1 is 1.33 bits per heavy atom. The van der Waals surface area contributed by atoms with Gasteiger partial charge in [-0.2, -0.15) is 0 Å². The van der Waals surface area contributed by atoms with E-state index in [1.807, 2.05) is 19.1 Å². The molecule has 2 aliphatic rings. The Morgan fingerprint density at radius 2 is 2.06 bits per heavy atom. The van der Waals surface area contributed by atoms with Crippen molar-refractivity contribution in [3.8, 4) is 17.1 Å². The number of rotatable bonds is 5. The van der Waals surface area contributed by atoms with Crippen LogP contribution in [0.5, 0.6) is 5.75 Å². The van der Waals surface area contributed by atoms with Gasteiger partial charge >= 0.3 is 0 Å². The summed E-state index contributed by atoms with van der Waals surface area (Å²) in [7, 11) is 6.00. The van der Waals surface area contributed by atoms with Crippen molar-refractivity contribution in [2.45, 2.75) is 58.5 Å². The number of methoxy groups -OCH3 is 1. The molecule has 36 heavy (non-hydrogen) atoms. The molecule has 190 valence electrons. The number of hydrogen-bond donors (Lipinski definition) is 1. The third-order valence-corrected chi connectivity index (χ3v) is 8.44. The van der Waals surface area contributed by atoms with Gasteiger partial charge in [-0.05, 0) is 38.5 Å². The number of quaternary nitrogens is 1. The van der Waals surface area contributed by atoms with E-state index < -0.39 is 5.60 Å². The summed E-state index contributed by atoms with van der Waals surface area (Å²) < 4.78 is 13.8. The van der Waals surface area contributed by atoms with Crippen molar-refractivity contribution >= 4 is 22.5 Å². The van der Waals surface area contributed by atoms with Crippen LogP contribution in [0.3, 0.4) is 0 Å². The summed E-state index contributed by atoms with van der Waals surface area (Å²) in [5, 5.41) is 12.8. The highest BCUT2D eigenvalue weighted by atomic mass is 35.5. The molecule has 2 aromatic heterocycles. The van der Waals surface area contributed by atoms with Crippen molar-refractivity contribution in [2.75, 3.05) is 21.2 Å². The summed E-state index contributed by atoms with van der Waals surface area (Å²) in [6.45, 7) is 11.3. The molecule has 0 bridgehead atoms. The van der Waals surface area contributed by atoms with Crippen LogP contribution in [0, 0.1) is 0 Å². The molecule has 0 spiro atoms. The minimum Gasteiger partial charge on any atom is -0.495 e. The Morgan fingerprint density at radius 3 is 2.69 bits per heavy atom. The molecule has 5 rings (SSSR count). The smallest absolute Gasteiger partial charge is 0.258 e. The second kappa shape index (κ2) is 8.33. The van der Waals surface area contributed by atoms with Gasteiger partial charge in [0.1, 0.15) is 30.3 Å². The lowest BCUT2D eigenvalue weighted by Crippen LogP contribution is -2.44. The van der Waals surface area contributed by atoms with E-state index in [-0.39, 0.29) is 17.9 Å². The van der Waals surface area contributed by atoms with Gasteiger partial charge in [0.25, 0.3) is 5.56 Å². The summed E-state index contributed by atoms with van der Waals surface area (Å²) in [4.78, 5) is 18.5. The first-order chi connectivity index (χ1) is 16.9. The molecule has 0 amide bonds. The maximum Gasteiger partial charge on any atom is 0.258 e. The van der Waals surface area contributed by atoms with Crippen molar-refractivity contribution in [2.24, 2.45) is 0 Å². The van der Waals surface area contributed by atoms with Gasteiger partial charge in [-0.1, -0.05) is 25.1 Å². The SMILES string of the molecule is C=C1OCc2c(cc3n(c2=O)Cc2cc4c(C[N+](C)(C)C(C)C)c(OC)c(Cl)cc4nc2-3)[C@@]1(O)CC. The van der Waals surface area contributed by atoms with Crippen LogP contribution in [0.15, 0.2) is 35.3 Å². The monoisotopic (exact) mass is 510 g/mol. The average Bonchev–Trinajstić information content (AvgIpc) is 3.18. The van der Waals surface area contributed by atoms with Crippen molar-refractivity contribution in [1.82, 2.24) is 9.55 Å². The van der Waals surface area contributed by atoms with Crippen LogP contribution in [-0.2, 0) is 30.0 Å². The van der Waals surface area contributed by atoms with Gasteiger partial charge in [0.2, 0.25) is 0 Å². The number of nitrogens with zero attached hydrogens (tertiary/aromatic N) is 3. The van der Waals surface area contributed by atoms with Crippen LogP contribution in [-0.4, -0.2) is 46.4 Å². The molecule has 8 heteroatoms. The maximum atomic E-state index is 13.5. The Balaban J connectivity index is 1.75. The van der Waals surface area contributed by atoms with Gasteiger partial charge < -0.3 is 23.6 Å². The van der Waals surface area contributed by atoms with Crippen molar-refractivity contribution in [3.05, 3.63) is 68.2 Å². The summed E-state index contributed by atoms with van der Waals surface area (Å²) >= 11 is 6.68. The van der Waals surface area contributed by atoms with Crippen LogP contribution >= 0.6 is 11.6 Å². The molecule has 0 aliphatic carbocycles. The van der Waals surface area contributed by atoms with Crippen molar-refractivity contribution in [1.29, 1.82) is 0 Å². The third kappa shape index (κ3) is 3.48. The lowest BCUT2D eigenvalue weighted by atomic mass is 9.84.